The summed E-state index contributed by atoms with van der Waals surface area (Å²) in [5.74, 6) is 8.32. The lowest BCUT2D eigenvalue weighted by molar-refractivity contribution is 0.353. The number of nitrogens with two attached hydrogens (primary N) is 1. The van der Waals surface area contributed by atoms with Gasteiger partial charge in [0.15, 0.2) is 0 Å². The quantitative estimate of drug-likeness (QED) is 0.647. The highest BCUT2D eigenvalue weighted by molar-refractivity contribution is 5.33. The molecule has 0 bridgehead atoms. The molecule has 3 rings (SSSR count). The average molecular weight is 284 g/mol. The molecule has 0 saturated carbocycles. The van der Waals surface area contributed by atoms with E-state index < -0.39 is 0 Å². The van der Waals surface area contributed by atoms with Crippen molar-refractivity contribution in [2.24, 2.45) is 5.84 Å². The Hall–Kier alpha value is -1.58. The minimum Gasteiger partial charge on any atom is -0.464 e. The third kappa shape index (κ3) is 3.04. The second-order valence-electron chi connectivity index (χ2n) is 5.90. The van der Waals surface area contributed by atoms with Gasteiger partial charge >= 0.3 is 0 Å². The van der Waals surface area contributed by atoms with Crippen LogP contribution in [0, 0.1) is 0 Å². The van der Waals surface area contributed by atoms with Crippen LogP contribution in [0.5, 0.6) is 0 Å². The van der Waals surface area contributed by atoms with E-state index in [1.54, 1.807) is 0 Å². The van der Waals surface area contributed by atoms with Gasteiger partial charge in [0.25, 0.3) is 0 Å². The van der Waals surface area contributed by atoms with E-state index in [1.165, 1.54) is 30.4 Å². The number of furan rings is 1. The largest absolute Gasteiger partial charge is 0.464 e. The van der Waals surface area contributed by atoms with Crippen LogP contribution in [0.3, 0.4) is 0 Å². The van der Waals surface area contributed by atoms with Gasteiger partial charge < -0.3 is 4.42 Å². The summed E-state index contributed by atoms with van der Waals surface area (Å²) >= 11 is 0. The fourth-order valence-corrected chi connectivity index (χ4v) is 3.42. The van der Waals surface area contributed by atoms with E-state index in [9.17, 15) is 0 Å². The van der Waals surface area contributed by atoms with E-state index in [0.717, 1.165) is 24.4 Å². The molecule has 0 amide bonds. The van der Waals surface area contributed by atoms with E-state index in [1.807, 2.05) is 0 Å². The normalized spacial score (nSPS) is 19.2. The summed E-state index contributed by atoms with van der Waals surface area (Å²) in [6, 6.07) is 13.0. The summed E-state index contributed by atoms with van der Waals surface area (Å²) in [6.45, 7) is 2.10. The minimum atomic E-state index is 0.0847. The highest BCUT2D eigenvalue weighted by atomic mass is 16.3. The lowest BCUT2D eigenvalue weighted by Crippen LogP contribution is -2.29. The molecule has 2 atom stereocenters. The summed E-state index contributed by atoms with van der Waals surface area (Å²) in [4.78, 5) is 0. The van der Waals surface area contributed by atoms with Gasteiger partial charge in [-0.15, -0.1) is 0 Å². The van der Waals surface area contributed by atoms with E-state index in [-0.39, 0.29) is 6.04 Å². The molecule has 1 aromatic carbocycles. The number of hydrogen-bond donors (Lipinski definition) is 2. The Morgan fingerprint density at radius 3 is 2.90 bits per heavy atom. The molecule has 3 N–H and O–H groups in total. The van der Waals surface area contributed by atoms with Crippen LogP contribution in [0.1, 0.15) is 60.8 Å². The third-order valence-electron chi connectivity index (χ3n) is 4.59. The van der Waals surface area contributed by atoms with Gasteiger partial charge in [0.05, 0.1) is 6.04 Å². The maximum atomic E-state index is 5.87. The first-order chi connectivity index (χ1) is 10.3. The smallest absolute Gasteiger partial charge is 0.122 e. The lowest BCUT2D eigenvalue weighted by atomic mass is 9.79. The Bertz CT molecular complexity index is 590. The Morgan fingerprint density at radius 2 is 2.14 bits per heavy atom. The van der Waals surface area contributed by atoms with Gasteiger partial charge in [-0.2, -0.15) is 0 Å². The lowest BCUT2D eigenvalue weighted by Gasteiger charge is -2.28. The third-order valence-corrected chi connectivity index (χ3v) is 4.59. The van der Waals surface area contributed by atoms with Gasteiger partial charge in [-0.05, 0) is 54.9 Å². The topological polar surface area (TPSA) is 51.2 Å². The SMILES string of the molecule is CCc1ccc(C(CC2CCCc3ccccc32)NN)o1. The number of hydrogen-bond acceptors (Lipinski definition) is 3. The molecule has 1 aliphatic carbocycles. The Labute approximate surface area is 126 Å². The Balaban J connectivity index is 1.78. The molecule has 3 heteroatoms. The first kappa shape index (κ1) is 14.4. The van der Waals surface area contributed by atoms with E-state index in [2.05, 4.69) is 48.7 Å². The molecule has 0 aliphatic heterocycles. The van der Waals surface area contributed by atoms with Crippen LogP contribution in [-0.2, 0) is 12.8 Å². The molecule has 112 valence electrons. The Morgan fingerprint density at radius 1 is 1.29 bits per heavy atom. The summed E-state index contributed by atoms with van der Waals surface area (Å²) in [6.07, 6.45) is 5.61. The van der Waals surface area contributed by atoms with Gasteiger partial charge in [0.1, 0.15) is 11.5 Å². The van der Waals surface area contributed by atoms with Crippen molar-refractivity contribution in [1.82, 2.24) is 5.43 Å². The van der Waals surface area contributed by atoms with E-state index in [4.69, 9.17) is 10.3 Å². The van der Waals surface area contributed by atoms with Crippen molar-refractivity contribution in [1.29, 1.82) is 0 Å². The molecule has 0 fully saturated rings. The molecule has 0 saturated heterocycles. The van der Waals surface area contributed by atoms with Crippen molar-refractivity contribution in [2.45, 2.75) is 51.0 Å². The van der Waals surface area contributed by atoms with Gasteiger partial charge in [0, 0.05) is 6.42 Å². The molecule has 2 unspecified atom stereocenters. The van der Waals surface area contributed by atoms with Crippen molar-refractivity contribution in [3.63, 3.8) is 0 Å². The number of nitrogens with one attached hydrogen (secondary N) is 1. The fourth-order valence-electron chi connectivity index (χ4n) is 3.42. The second kappa shape index (κ2) is 6.46. The summed E-state index contributed by atoms with van der Waals surface area (Å²) in [5.41, 5.74) is 5.93. The predicted octanol–water partition coefficient (Wildman–Crippen LogP) is 3.86. The summed E-state index contributed by atoms with van der Waals surface area (Å²) < 4.78 is 5.87. The zero-order valence-corrected chi connectivity index (χ0v) is 12.6. The highest BCUT2D eigenvalue weighted by Crippen LogP contribution is 2.37. The van der Waals surface area contributed by atoms with Gasteiger partial charge in [-0.1, -0.05) is 31.2 Å². The summed E-state index contributed by atoms with van der Waals surface area (Å²) in [5, 5.41) is 0. The number of aryl methyl sites for hydroxylation is 2. The van der Waals surface area contributed by atoms with E-state index in [0.29, 0.717) is 5.92 Å². The Kier molecular flexibility index (Phi) is 4.42. The van der Waals surface area contributed by atoms with Crippen LogP contribution >= 0.6 is 0 Å². The maximum Gasteiger partial charge on any atom is 0.122 e. The maximum absolute atomic E-state index is 5.87. The molecular weight excluding hydrogens is 260 g/mol. The average Bonchev–Trinajstić information content (AvgIpc) is 3.01. The fraction of sp³-hybridized carbons (Fsp3) is 0.444. The second-order valence-corrected chi connectivity index (χ2v) is 5.90. The number of fused-ring (bicyclic) bond motifs is 1. The van der Waals surface area contributed by atoms with Crippen molar-refractivity contribution in [3.05, 3.63) is 59.0 Å². The van der Waals surface area contributed by atoms with Crippen LogP contribution in [0.4, 0.5) is 0 Å². The first-order valence-corrected chi connectivity index (χ1v) is 7.94. The monoisotopic (exact) mass is 284 g/mol. The molecule has 0 spiro atoms. The van der Waals surface area contributed by atoms with Gasteiger partial charge in [0.2, 0.25) is 0 Å². The van der Waals surface area contributed by atoms with Crippen LogP contribution in [-0.4, -0.2) is 0 Å². The molecule has 21 heavy (non-hydrogen) atoms. The number of rotatable bonds is 5. The first-order valence-electron chi connectivity index (χ1n) is 7.94. The van der Waals surface area contributed by atoms with Crippen molar-refractivity contribution >= 4 is 0 Å². The molecule has 2 aromatic rings. The number of benzene rings is 1. The van der Waals surface area contributed by atoms with Crippen LogP contribution < -0.4 is 11.3 Å². The molecule has 1 heterocycles. The molecule has 3 nitrogen and oxygen atoms in total. The van der Waals surface area contributed by atoms with Crippen LogP contribution in [0.2, 0.25) is 0 Å². The minimum absolute atomic E-state index is 0.0847. The summed E-state index contributed by atoms with van der Waals surface area (Å²) in [7, 11) is 0. The van der Waals surface area contributed by atoms with Gasteiger partial charge in [-0.3, -0.25) is 5.84 Å². The zero-order valence-electron chi connectivity index (χ0n) is 12.6. The van der Waals surface area contributed by atoms with Gasteiger partial charge in [-0.25, -0.2) is 5.43 Å². The standard InChI is InChI=1S/C18H24N2O/c1-2-15-10-11-18(21-15)17(20-19)12-14-8-5-7-13-6-3-4-9-16(13)14/h3-4,6,9-11,14,17,20H,2,5,7-8,12,19H2,1H3. The van der Waals surface area contributed by atoms with Crippen molar-refractivity contribution in [2.75, 3.05) is 0 Å². The molecule has 0 radical (unpaired) electrons. The number of hydrazine groups is 1. The molecule has 1 aliphatic rings. The van der Waals surface area contributed by atoms with Crippen molar-refractivity contribution in [3.8, 4) is 0 Å². The molecule has 1 aromatic heterocycles. The van der Waals surface area contributed by atoms with Crippen LogP contribution in [0.15, 0.2) is 40.8 Å². The highest BCUT2D eigenvalue weighted by Gasteiger charge is 2.25. The predicted molar refractivity (Wildman–Crippen MR) is 84.9 cm³/mol. The molecular formula is C18H24N2O. The van der Waals surface area contributed by atoms with E-state index >= 15 is 0 Å². The van der Waals surface area contributed by atoms with Crippen LogP contribution in [0.25, 0.3) is 0 Å². The zero-order chi connectivity index (χ0) is 14.7. The van der Waals surface area contributed by atoms with Crippen molar-refractivity contribution < 1.29 is 4.42 Å².